The Balaban J connectivity index is 1.86. The summed E-state index contributed by atoms with van der Waals surface area (Å²) in [6.45, 7) is 5.50. The molecule has 4 aromatic heterocycles. The number of hydrogen-bond donors (Lipinski definition) is 1. The second-order valence-electron chi connectivity index (χ2n) is 5.51. The van der Waals surface area contributed by atoms with Crippen molar-refractivity contribution in [2.24, 2.45) is 10.2 Å². The van der Waals surface area contributed by atoms with Gasteiger partial charge in [-0.2, -0.15) is 14.4 Å². The van der Waals surface area contributed by atoms with Crippen LogP contribution in [0.1, 0.15) is 21.9 Å². The van der Waals surface area contributed by atoms with Crippen molar-refractivity contribution in [3.63, 3.8) is 0 Å². The Kier molecular flexibility index (Phi) is 4.20. The van der Waals surface area contributed by atoms with Crippen LogP contribution in [-0.4, -0.2) is 52.6 Å². The van der Waals surface area contributed by atoms with Gasteiger partial charge in [-0.3, -0.25) is 5.10 Å². The zero-order valence-corrected chi connectivity index (χ0v) is 14.9. The number of methoxy groups -OCH3 is 1. The van der Waals surface area contributed by atoms with Crippen LogP contribution in [0.15, 0.2) is 41.5 Å². The fourth-order valence-corrected chi connectivity index (χ4v) is 2.51. The molecule has 0 amide bonds. The zero-order valence-electron chi connectivity index (χ0n) is 14.9. The number of ether oxygens (including phenoxy) is 1. The molecule has 0 bridgehead atoms. The zero-order chi connectivity index (χ0) is 19.7. The van der Waals surface area contributed by atoms with Crippen molar-refractivity contribution in [2.45, 2.75) is 6.92 Å². The van der Waals surface area contributed by atoms with Crippen molar-refractivity contribution in [2.75, 3.05) is 7.11 Å². The van der Waals surface area contributed by atoms with Crippen molar-refractivity contribution in [3.8, 4) is 5.95 Å². The summed E-state index contributed by atoms with van der Waals surface area (Å²) in [7, 11) is 1.27. The molecule has 0 saturated carbocycles. The summed E-state index contributed by atoms with van der Waals surface area (Å²) in [6, 6.07) is 1.66. The lowest BCUT2D eigenvalue weighted by Crippen LogP contribution is -2.03. The highest BCUT2D eigenvalue weighted by molar-refractivity contribution is 5.94. The molecule has 0 aliphatic rings. The van der Waals surface area contributed by atoms with Crippen LogP contribution in [-0.2, 0) is 4.74 Å². The molecule has 4 heterocycles. The first-order chi connectivity index (χ1) is 13.6. The van der Waals surface area contributed by atoms with Crippen molar-refractivity contribution in [1.82, 2.24) is 39.6 Å². The Labute approximate surface area is 157 Å². The van der Waals surface area contributed by atoms with Gasteiger partial charge in [0.05, 0.1) is 19.0 Å². The molecule has 1 N–H and O–H groups in total. The SMILES string of the molecule is C=Cc1[nH]n2nc(C)nc2c1N=Nc1c(C(=O)OC)cnn1-c1ncccn1. The third kappa shape index (κ3) is 2.82. The predicted octanol–water partition coefficient (Wildman–Crippen LogP) is 2.19. The van der Waals surface area contributed by atoms with Gasteiger partial charge in [-0.25, -0.2) is 19.7 Å². The predicted molar refractivity (Wildman–Crippen MR) is 96.8 cm³/mol. The first kappa shape index (κ1) is 17.2. The van der Waals surface area contributed by atoms with Crippen molar-refractivity contribution in [3.05, 3.63) is 48.3 Å². The van der Waals surface area contributed by atoms with Gasteiger partial charge in [-0.15, -0.1) is 15.3 Å². The lowest BCUT2D eigenvalue weighted by atomic mass is 10.3. The van der Waals surface area contributed by atoms with Gasteiger partial charge in [0.1, 0.15) is 11.4 Å². The number of carbonyl (C=O) groups excluding carboxylic acids is 1. The number of aromatic amines is 1. The molecule has 0 aliphatic carbocycles. The number of carbonyl (C=O) groups is 1. The fourth-order valence-electron chi connectivity index (χ4n) is 2.51. The van der Waals surface area contributed by atoms with E-state index in [9.17, 15) is 4.79 Å². The normalized spacial score (nSPS) is 11.4. The number of aryl methyl sites for hydroxylation is 1. The average molecular weight is 378 g/mol. The van der Waals surface area contributed by atoms with E-state index in [1.54, 1.807) is 31.5 Å². The molecule has 0 radical (unpaired) electrons. The Bertz CT molecular complexity index is 1200. The van der Waals surface area contributed by atoms with Crippen LogP contribution in [0.4, 0.5) is 11.5 Å². The summed E-state index contributed by atoms with van der Waals surface area (Å²) < 4.78 is 7.56. The molecule has 4 rings (SSSR count). The van der Waals surface area contributed by atoms with Gasteiger partial charge in [-0.1, -0.05) is 6.58 Å². The monoisotopic (exact) mass is 378 g/mol. The quantitative estimate of drug-likeness (QED) is 0.414. The molecule has 0 saturated heterocycles. The van der Waals surface area contributed by atoms with Gasteiger partial charge in [-0.05, 0) is 19.1 Å². The van der Waals surface area contributed by atoms with Gasteiger partial charge in [0.15, 0.2) is 11.5 Å². The van der Waals surface area contributed by atoms with E-state index in [4.69, 9.17) is 4.74 Å². The molecular formula is C16H14N10O2. The molecule has 12 nitrogen and oxygen atoms in total. The molecule has 12 heteroatoms. The average Bonchev–Trinajstić information content (AvgIpc) is 3.38. The third-order valence-corrected chi connectivity index (χ3v) is 3.75. The highest BCUT2D eigenvalue weighted by atomic mass is 16.5. The number of nitrogens with zero attached hydrogens (tertiary/aromatic N) is 9. The van der Waals surface area contributed by atoms with E-state index in [2.05, 4.69) is 47.1 Å². The highest BCUT2D eigenvalue weighted by Gasteiger charge is 2.21. The second kappa shape index (κ2) is 6.83. The van der Waals surface area contributed by atoms with Crippen LogP contribution in [0, 0.1) is 6.92 Å². The van der Waals surface area contributed by atoms with Crippen LogP contribution < -0.4 is 0 Å². The van der Waals surface area contributed by atoms with Gasteiger partial charge >= 0.3 is 5.97 Å². The topological polar surface area (TPSA) is 141 Å². The molecule has 0 aromatic carbocycles. The van der Waals surface area contributed by atoms with Crippen LogP contribution in [0.3, 0.4) is 0 Å². The van der Waals surface area contributed by atoms with Gasteiger partial charge in [0.2, 0.25) is 5.65 Å². The number of fused-ring (bicyclic) bond motifs is 1. The van der Waals surface area contributed by atoms with E-state index in [1.807, 2.05) is 0 Å². The Morgan fingerprint density at radius 3 is 2.82 bits per heavy atom. The number of hydrogen-bond acceptors (Lipinski definition) is 9. The largest absolute Gasteiger partial charge is 0.465 e. The summed E-state index contributed by atoms with van der Waals surface area (Å²) >= 11 is 0. The van der Waals surface area contributed by atoms with E-state index in [0.29, 0.717) is 22.9 Å². The summed E-state index contributed by atoms with van der Waals surface area (Å²) in [6.07, 6.45) is 5.98. The number of aromatic nitrogens is 8. The number of esters is 1. The van der Waals surface area contributed by atoms with E-state index in [1.165, 1.54) is 22.6 Å². The number of H-pyrrole nitrogens is 1. The number of nitrogens with one attached hydrogen (secondary N) is 1. The Morgan fingerprint density at radius 1 is 1.32 bits per heavy atom. The highest BCUT2D eigenvalue weighted by Crippen LogP contribution is 2.29. The molecule has 0 unspecified atom stereocenters. The molecule has 0 spiro atoms. The molecule has 0 fully saturated rings. The molecular weight excluding hydrogens is 364 g/mol. The minimum atomic E-state index is -0.613. The summed E-state index contributed by atoms with van der Waals surface area (Å²) in [5.74, 6) is 0.297. The second-order valence-corrected chi connectivity index (χ2v) is 5.51. The lowest BCUT2D eigenvalue weighted by molar-refractivity contribution is 0.0601. The molecule has 140 valence electrons. The first-order valence-electron chi connectivity index (χ1n) is 8.05. The van der Waals surface area contributed by atoms with E-state index >= 15 is 0 Å². The number of rotatable bonds is 5. The van der Waals surface area contributed by atoms with Gasteiger partial charge in [0, 0.05) is 12.4 Å². The van der Waals surface area contributed by atoms with Crippen LogP contribution >= 0.6 is 0 Å². The summed E-state index contributed by atoms with van der Waals surface area (Å²) in [5, 5.41) is 19.8. The van der Waals surface area contributed by atoms with E-state index in [0.717, 1.165) is 0 Å². The molecule has 0 atom stereocenters. The Morgan fingerprint density at radius 2 is 2.11 bits per heavy atom. The first-order valence-corrected chi connectivity index (χ1v) is 8.05. The molecule has 28 heavy (non-hydrogen) atoms. The van der Waals surface area contributed by atoms with Gasteiger partial charge in [0.25, 0.3) is 5.95 Å². The van der Waals surface area contributed by atoms with Crippen LogP contribution in [0.5, 0.6) is 0 Å². The van der Waals surface area contributed by atoms with Crippen molar-refractivity contribution in [1.29, 1.82) is 0 Å². The maximum absolute atomic E-state index is 12.1. The summed E-state index contributed by atoms with van der Waals surface area (Å²) in [5.41, 5.74) is 1.56. The van der Waals surface area contributed by atoms with Crippen molar-refractivity contribution >= 4 is 29.2 Å². The molecule has 0 aliphatic heterocycles. The smallest absolute Gasteiger partial charge is 0.343 e. The van der Waals surface area contributed by atoms with E-state index < -0.39 is 5.97 Å². The third-order valence-electron chi connectivity index (χ3n) is 3.75. The van der Waals surface area contributed by atoms with Crippen molar-refractivity contribution < 1.29 is 9.53 Å². The van der Waals surface area contributed by atoms with Crippen LogP contribution in [0.25, 0.3) is 17.7 Å². The van der Waals surface area contributed by atoms with Crippen LogP contribution in [0.2, 0.25) is 0 Å². The minimum Gasteiger partial charge on any atom is -0.465 e. The maximum Gasteiger partial charge on any atom is 0.343 e. The van der Waals surface area contributed by atoms with E-state index in [-0.39, 0.29) is 17.3 Å². The molecule has 4 aromatic rings. The Hall–Kier alpha value is -4.22. The fraction of sp³-hybridized carbons (Fsp3) is 0.125. The number of azo groups is 1. The lowest BCUT2D eigenvalue weighted by Gasteiger charge is -2.02. The standard InChI is InChI=1S/C16H14N10O2/c1-4-11-12(14-20-9(2)23-26(14)24-11)21-22-13-10(15(27)28-3)8-19-25(13)16-17-6-5-7-18-16/h4-8,24H,1H2,2-3H3. The van der Waals surface area contributed by atoms with Gasteiger partial charge < -0.3 is 4.74 Å². The summed E-state index contributed by atoms with van der Waals surface area (Å²) in [4.78, 5) is 24.7. The minimum absolute atomic E-state index is 0.114. The maximum atomic E-state index is 12.1.